The molecule has 5 rings (SSSR count). The van der Waals surface area contributed by atoms with Crippen molar-refractivity contribution in [2.45, 2.75) is 34.3 Å². The summed E-state index contributed by atoms with van der Waals surface area (Å²) >= 11 is 7.41. The molecule has 4 heteroatoms. The fourth-order valence-electron chi connectivity index (χ4n) is 4.91. The average molecular weight is 474 g/mol. The van der Waals surface area contributed by atoms with Crippen LogP contribution in [0.15, 0.2) is 48.5 Å². The number of alkyl halides is 2. The maximum Gasteiger partial charge on any atom is 0.156 e. The van der Waals surface area contributed by atoms with E-state index in [-0.39, 0.29) is 35.2 Å². The van der Waals surface area contributed by atoms with Gasteiger partial charge in [-0.3, -0.25) is 9.59 Å². The molecule has 0 amide bonds. The van der Waals surface area contributed by atoms with Gasteiger partial charge in [0.25, 0.3) is 0 Å². The highest BCUT2D eigenvalue weighted by Gasteiger charge is 2.87. The number of hydrogen-bond donors (Lipinski definition) is 0. The number of Topliss-reactive ketones (excluding diaryl/α,β-unsaturated/α-hetero) is 2. The minimum Gasteiger partial charge on any atom is -0.298 e. The molecule has 3 aliphatic carbocycles. The summed E-state index contributed by atoms with van der Waals surface area (Å²) in [5.41, 5.74) is 4.50. The minimum absolute atomic E-state index is 0.0519. The Kier molecular flexibility index (Phi) is 3.36. The smallest absolute Gasteiger partial charge is 0.156 e. The Labute approximate surface area is 169 Å². The first-order chi connectivity index (χ1) is 12.3. The summed E-state index contributed by atoms with van der Waals surface area (Å²) in [6.45, 7) is 4.08. The number of carbonyl (C=O) groups excluding carboxylic acids is 2. The van der Waals surface area contributed by atoms with Crippen molar-refractivity contribution in [3.05, 3.63) is 70.8 Å². The second-order valence-electron chi connectivity index (χ2n) is 8.00. The van der Waals surface area contributed by atoms with E-state index in [2.05, 4.69) is 31.9 Å². The van der Waals surface area contributed by atoms with Crippen LogP contribution in [0, 0.1) is 25.7 Å². The molecule has 2 aromatic rings. The van der Waals surface area contributed by atoms with E-state index in [9.17, 15) is 9.59 Å². The summed E-state index contributed by atoms with van der Waals surface area (Å²) < 4.78 is -1.44. The lowest BCUT2D eigenvalue weighted by atomic mass is 9.98. The normalized spacial score (nSPS) is 40.0. The predicted molar refractivity (Wildman–Crippen MR) is 108 cm³/mol. The topological polar surface area (TPSA) is 34.1 Å². The van der Waals surface area contributed by atoms with Gasteiger partial charge >= 0.3 is 0 Å². The van der Waals surface area contributed by atoms with Crippen LogP contribution in [0.2, 0.25) is 0 Å². The number of carbonyl (C=O) groups is 2. The molecular formula is C22H18Br2O2. The second kappa shape index (κ2) is 5.17. The third kappa shape index (κ3) is 1.92. The molecular weight excluding hydrogens is 456 g/mol. The fourth-order valence-corrected chi connectivity index (χ4v) is 7.14. The summed E-state index contributed by atoms with van der Waals surface area (Å²) in [4.78, 5) is 26.7. The SMILES string of the molecule is Cc1ccc([C@@H]2[C@H]3C(=O)[C@@]4(Br)[C@@H](C(=O)[C@]32Br)[C@@H]4c2ccc(C)cc2)cc1. The van der Waals surface area contributed by atoms with Crippen LogP contribution in [-0.2, 0) is 9.59 Å². The quantitative estimate of drug-likeness (QED) is 0.584. The summed E-state index contributed by atoms with van der Waals surface area (Å²) in [5.74, 6) is -0.300. The molecule has 132 valence electrons. The van der Waals surface area contributed by atoms with Crippen LogP contribution in [0.25, 0.3) is 0 Å². The van der Waals surface area contributed by atoms with Gasteiger partial charge in [-0.15, -0.1) is 0 Å². The number of fused-ring (bicyclic) bond motifs is 2. The van der Waals surface area contributed by atoms with Gasteiger partial charge in [0, 0.05) is 11.8 Å². The van der Waals surface area contributed by atoms with Gasteiger partial charge in [0.15, 0.2) is 11.6 Å². The molecule has 3 fully saturated rings. The van der Waals surface area contributed by atoms with Crippen LogP contribution in [0.3, 0.4) is 0 Å². The lowest BCUT2D eigenvalue weighted by Crippen LogP contribution is -2.36. The molecule has 0 bridgehead atoms. The van der Waals surface area contributed by atoms with Crippen LogP contribution in [0.4, 0.5) is 0 Å². The highest BCUT2D eigenvalue weighted by atomic mass is 79.9. The van der Waals surface area contributed by atoms with Crippen molar-refractivity contribution in [1.82, 2.24) is 0 Å². The van der Waals surface area contributed by atoms with Crippen molar-refractivity contribution in [3.8, 4) is 0 Å². The number of rotatable bonds is 2. The van der Waals surface area contributed by atoms with E-state index in [0.29, 0.717) is 0 Å². The standard InChI is InChI=1S/C22H18Br2O2/c1-11-3-7-13(8-4-11)15-17-19(25)22(24)16(14-9-5-12(2)6-10-14)18(22)20(26)21(15,17)23/h3-10,15-18H,1-2H3/t15-,16+,17+,18-,21-,22+. The van der Waals surface area contributed by atoms with Crippen molar-refractivity contribution in [1.29, 1.82) is 0 Å². The first kappa shape index (κ1) is 16.9. The lowest BCUT2D eigenvalue weighted by Gasteiger charge is -2.16. The third-order valence-corrected chi connectivity index (χ3v) is 9.21. The predicted octanol–water partition coefficient (Wildman–Crippen LogP) is 4.85. The van der Waals surface area contributed by atoms with Gasteiger partial charge < -0.3 is 0 Å². The Bertz CT molecular complexity index is 870. The van der Waals surface area contributed by atoms with E-state index in [1.54, 1.807) is 0 Å². The van der Waals surface area contributed by atoms with E-state index in [1.165, 1.54) is 11.1 Å². The summed E-state index contributed by atoms with van der Waals surface area (Å²) in [7, 11) is 0. The number of ketones is 2. The van der Waals surface area contributed by atoms with Crippen LogP contribution in [0.1, 0.15) is 34.1 Å². The van der Waals surface area contributed by atoms with Crippen LogP contribution in [0.5, 0.6) is 0 Å². The Morgan fingerprint density at radius 3 is 1.23 bits per heavy atom. The van der Waals surface area contributed by atoms with Crippen LogP contribution in [-0.4, -0.2) is 20.2 Å². The highest BCUT2D eigenvalue weighted by molar-refractivity contribution is 9.11. The number of halogens is 2. The van der Waals surface area contributed by atoms with Gasteiger partial charge in [-0.05, 0) is 25.0 Å². The Morgan fingerprint density at radius 1 is 0.615 bits per heavy atom. The second-order valence-corrected chi connectivity index (χ2v) is 10.6. The molecule has 0 heterocycles. The zero-order valence-corrected chi connectivity index (χ0v) is 17.7. The van der Waals surface area contributed by atoms with Gasteiger partial charge in [-0.2, -0.15) is 0 Å². The zero-order chi connectivity index (χ0) is 18.4. The monoisotopic (exact) mass is 472 g/mol. The molecule has 26 heavy (non-hydrogen) atoms. The van der Waals surface area contributed by atoms with Gasteiger partial charge in [0.1, 0.15) is 8.65 Å². The largest absolute Gasteiger partial charge is 0.298 e. The molecule has 0 spiro atoms. The number of aryl methyl sites for hydroxylation is 2. The molecule has 0 N–H and O–H groups in total. The lowest BCUT2D eigenvalue weighted by molar-refractivity contribution is -0.128. The summed E-state index contributed by atoms with van der Waals surface area (Å²) in [5, 5.41) is 0. The maximum atomic E-state index is 13.4. The van der Waals surface area contributed by atoms with Crippen LogP contribution < -0.4 is 0 Å². The Balaban J connectivity index is 1.52. The number of hydrogen-bond acceptors (Lipinski definition) is 2. The van der Waals surface area contributed by atoms with Crippen molar-refractivity contribution >= 4 is 43.4 Å². The van der Waals surface area contributed by atoms with E-state index >= 15 is 0 Å². The molecule has 3 aliphatic rings. The molecule has 0 saturated heterocycles. The average Bonchev–Trinajstić information content (AvgIpc) is 3.46. The van der Waals surface area contributed by atoms with Gasteiger partial charge in [0.2, 0.25) is 0 Å². The van der Waals surface area contributed by atoms with Crippen molar-refractivity contribution in [3.63, 3.8) is 0 Å². The highest BCUT2D eigenvalue weighted by Crippen LogP contribution is 2.79. The fraction of sp³-hybridized carbons (Fsp3) is 0.364. The van der Waals surface area contributed by atoms with Gasteiger partial charge in [-0.1, -0.05) is 91.5 Å². The maximum absolute atomic E-state index is 13.4. The zero-order valence-electron chi connectivity index (χ0n) is 14.5. The molecule has 0 unspecified atom stereocenters. The van der Waals surface area contributed by atoms with Crippen LogP contribution >= 0.6 is 31.9 Å². The third-order valence-electron chi connectivity index (χ3n) is 6.45. The van der Waals surface area contributed by atoms with E-state index in [4.69, 9.17) is 0 Å². The molecule has 6 atom stereocenters. The molecule has 0 aliphatic heterocycles. The van der Waals surface area contributed by atoms with Crippen molar-refractivity contribution in [2.24, 2.45) is 11.8 Å². The first-order valence-corrected chi connectivity index (χ1v) is 10.5. The van der Waals surface area contributed by atoms with Crippen molar-refractivity contribution < 1.29 is 9.59 Å². The van der Waals surface area contributed by atoms with E-state index < -0.39 is 8.65 Å². The first-order valence-electron chi connectivity index (χ1n) is 8.91. The Hall–Kier alpha value is -1.26. The minimum atomic E-state index is -0.722. The van der Waals surface area contributed by atoms with Gasteiger partial charge in [0.05, 0.1) is 11.8 Å². The molecule has 0 aromatic heterocycles. The van der Waals surface area contributed by atoms with Crippen molar-refractivity contribution in [2.75, 3.05) is 0 Å². The number of benzene rings is 2. The molecule has 2 aromatic carbocycles. The summed E-state index contributed by atoms with van der Waals surface area (Å²) in [6.07, 6.45) is 0. The Morgan fingerprint density at radius 2 is 0.923 bits per heavy atom. The van der Waals surface area contributed by atoms with E-state index in [1.807, 2.05) is 62.4 Å². The van der Waals surface area contributed by atoms with E-state index in [0.717, 1.165) is 11.1 Å². The molecule has 0 radical (unpaired) electrons. The summed E-state index contributed by atoms with van der Waals surface area (Å²) in [6, 6.07) is 16.4. The molecule has 3 saturated carbocycles. The van der Waals surface area contributed by atoms with Gasteiger partial charge in [-0.25, -0.2) is 0 Å². The molecule has 2 nitrogen and oxygen atoms in total.